The zero-order chi connectivity index (χ0) is 7.82. The Balaban J connectivity index is 3.62. The lowest BCUT2D eigenvalue weighted by atomic mass is 10.0. The molecule has 0 aliphatic rings. The zero-order valence-corrected chi connectivity index (χ0v) is 7.34. The second-order valence-electron chi connectivity index (χ2n) is 1.96. The first-order valence-corrected chi connectivity index (χ1v) is 4.01. The van der Waals surface area contributed by atoms with Crippen molar-refractivity contribution in [3.05, 3.63) is 23.7 Å². The zero-order valence-electron chi connectivity index (χ0n) is 5.76. The van der Waals surface area contributed by atoms with Crippen LogP contribution in [0, 0.1) is 17.2 Å². The fourth-order valence-electron chi connectivity index (χ4n) is 0.606. The fourth-order valence-corrected chi connectivity index (χ4v) is 0.822. The van der Waals surface area contributed by atoms with Gasteiger partial charge in [0.05, 0.1) is 6.07 Å². The van der Waals surface area contributed by atoms with Gasteiger partial charge in [0.1, 0.15) is 0 Å². The van der Waals surface area contributed by atoms with Crippen molar-refractivity contribution < 1.29 is 0 Å². The van der Waals surface area contributed by atoms with Crippen LogP contribution in [0.1, 0.15) is 12.8 Å². The minimum Gasteiger partial charge on any atom is -0.198 e. The second kappa shape index (κ2) is 6.57. The maximum Gasteiger partial charge on any atom is 0.0628 e. The van der Waals surface area contributed by atoms with Crippen LogP contribution in [-0.2, 0) is 0 Å². The largest absolute Gasteiger partial charge is 0.198 e. The highest BCUT2D eigenvalue weighted by Crippen LogP contribution is 2.09. The molecule has 10 heavy (non-hydrogen) atoms. The van der Waals surface area contributed by atoms with E-state index in [0.717, 1.165) is 6.42 Å². The van der Waals surface area contributed by atoms with E-state index < -0.39 is 0 Å². The van der Waals surface area contributed by atoms with E-state index in [1.807, 2.05) is 12.2 Å². The smallest absolute Gasteiger partial charge is 0.0628 e. The van der Waals surface area contributed by atoms with Crippen LogP contribution >= 0.6 is 15.9 Å². The second-order valence-corrected chi connectivity index (χ2v) is 2.48. The van der Waals surface area contributed by atoms with Crippen LogP contribution in [0.4, 0.5) is 0 Å². The highest BCUT2D eigenvalue weighted by Gasteiger charge is 1.98. The lowest BCUT2D eigenvalue weighted by molar-refractivity contribution is 0.684. The van der Waals surface area contributed by atoms with Gasteiger partial charge in [-0.3, -0.25) is 0 Å². The fraction of sp³-hybridized carbons (Fsp3) is 0.375. The van der Waals surface area contributed by atoms with E-state index in [1.54, 1.807) is 4.99 Å². The minimum atomic E-state index is 0.304. The lowest BCUT2D eigenvalue weighted by Crippen LogP contribution is -1.90. The molecular weight excluding hydrogens is 190 g/mol. The summed E-state index contributed by atoms with van der Waals surface area (Å²) < 4.78 is 0. The third-order valence-electron chi connectivity index (χ3n) is 1.21. The first-order valence-electron chi connectivity index (χ1n) is 3.10. The van der Waals surface area contributed by atoms with Crippen molar-refractivity contribution in [2.45, 2.75) is 12.8 Å². The van der Waals surface area contributed by atoms with Gasteiger partial charge in [-0.05, 0) is 17.3 Å². The summed E-state index contributed by atoms with van der Waals surface area (Å²) in [6.07, 6.45) is 5.24. The molecule has 2 heteroatoms. The maximum absolute atomic E-state index is 8.33. The molecule has 0 amide bonds. The summed E-state index contributed by atoms with van der Waals surface area (Å²) in [6.45, 7) is 3.63. The lowest BCUT2D eigenvalue weighted by Gasteiger charge is -2.01. The quantitative estimate of drug-likeness (QED) is 0.640. The first-order chi connectivity index (χ1) is 4.85. The van der Waals surface area contributed by atoms with Crippen LogP contribution in [0.25, 0.3) is 0 Å². The molecule has 0 aromatic heterocycles. The highest BCUT2D eigenvalue weighted by molar-refractivity contribution is 9.11. The van der Waals surface area contributed by atoms with Crippen molar-refractivity contribution >= 4 is 15.9 Å². The number of hydrogen-bond acceptors (Lipinski definition) is 1. The molecule has 0 heterocycles. The number of nitriles is 1. The summed E-state index contributed by atoms with van der Waals surface area (Å²) in [4.78, 5) is 1.81. The van der Waals surface area contributed by atoms with Crippen molar-refractivity contribution in [3.8, 4) is 6.07 Å². The van der Waals surface area contributed by atoms with Gasteiger partial charge in [0.2, 0.25) is 0 Å². The molecule has 0 radical (unpaired) electrons. The topological polar surface area (TPSA) is 23.8 Å². The molecule has 0 N–H and O–H groups in total. The minimum absolute atomic E-state index is 0.304. The Labute approximate surface area is 70.2 Å². The van der Waals surface area contributed by atoms with Crippen molar-refractivity contribution in [3.63, 3.8) is 0 Å². The van der Waals surface area contributed by atoms with Crippen LogP contribution < -0.4 is 0 Å². The molecule has 0 rings (SSSR count). The SMILES string of the molecule is C=CC(CC#N)CC=CBr. The van der Waals surface area contributed by atoms with Crippen LogP contribution in [0.3, 0.4) is 0 Å². The molecule has 0 aromatic carbocycles. The Kier molecular flexibility index (Phi) is 6.21. The molecule has 0 bridgehead atoms. The number of hydrogen-bond donors (Lipinski definition) is 0. The van der Waals surface area contributed by atoms with Crippen LogP contribution in [-0.4, -0.2) is 0 Å². The van der Waals surface area contributed by atoms with Crippen molar-refractivity contribution in [1.29, 1.82) is 5.26 Å². The summed E-state index contributed by atoms with van der Waals surface area (Å²) in [5.41, 5.74) is 0. The monoisotopic (exact) mass is 199 g/mol. The average Bonchev–Trinajstić information content (AvgIpc) is 1.98. The van der Waals surface area contributed by atoms with E-state index in [-0.39, 0.29) is 0 Å². The van der Waals surface area contributed by atoms with Crippen molar-refractivity contribution in [2.75, 3.05) is 0 Å². The van der Waals surface area contributed by atoms with Gasteiger partial charge in [-0.15, -0.1) is 6.58 Å². The van der Waals surface area contributed by atoms with Gasteiger partial charge >= 0.3 is 0 Å². The van der Waals surface area contributed by atoms with E-state index in [9.17, 15) is 0 Å². The number of rotatable bonds is 4. The van der Waals surface area contributed by atoms with Gasteiger partial charge in [0.15, 0.2) is 0 Å². The molecule has 1 atom stereocenters. The predicted molar refractivity (Wildman–Crippen MR) is 46.6 cm³/mol. The van der Waals surface area contributed by atoms with Gasteiger partial charge < -0.3 is 0 Å². The van der Waals surface area contributed by atoms with Gasteiger partial charge in [-0.2, -0.15) is 5.26 Å². The van der Waals surface area contributed by atoms with Crippen molar-refractivity contribution in [1.82, 2.24) is 0 Å². The van der Waals surface area contributed by atoms with E-state index in [4.69, 9.17) is 5.26 Å². The standard InChI is InChI=1S/C8H10BrN/c1-2-8(5-7-10)4-3-6-9/h2-3,6,8H,1,4-5H2. The molecule has 0 spiro atoms. The van der Waals surface area contributed by atoms with Crippen LogP contribution in [0.15, 0.2) is 23.7 Å². The summed E-state index contributed by atoms with van der Waals surface area (Å²) in [7, 11) is 0. The molecule has 0 aliphatic carbocycles. The van der Waals surface area contributed by atoms with E-state index in [1.165, 1.54) is 0 Å². The van der Waals surface area contributed by atoms with E-state index in [2.05, 4.69) is 28.6 Å². The summed E-state index contributed by atoms with van der Waals surface area (Å²) in [6, 6.07) is 2.11. The molecule has 0 aliphatic heterocycles. The van der Waals surface area contributed by atoms with Gasteiger partial charge in [0.25, 0.3) is 0 Å². The average molecular weight is 200 g/mol. The summed E-state index contributed by atoms with van der Waals surface area (Å²) in [5, 5.41) is 8.33. The van der Waals surface area contributed by atoms with Crippen molar-refractivity contribution in [2.24, 2.45) is 5.92 Å². The molecule has 1 nitrogen and oxygen atoms in total. The number of halogens is 1. The highest BCUT2D eigenvalue weighted by atomic mass is 79.9. The van der Waals surface area contributed by atoms with Gasteiger partial charge in [-0.25, -0.2) is 0 Å². The molecule has 54 valence electrons. The van der Waals surface area contributed by atoms with Crippen LogP contribution in [0.2, 0.25) is 0 Å². The molecule has 0 saturated carbocycles. The van der Waals surface area contributed by atoms with E-state index in [0.29, 0.717) is 12.3 Å². The number of allylic oxidation sites excluding steroid dienone is 2. The number of nitrogens with zero attached hydrogens (tertiary/aromatic N) is 1. The molecule has 0 fully saturated rings. The third kappa shape index (κ3) is 4.34. The summed E-state index contributed by atoms with van der Waals surface area (Å²) in [5.74, 6) is 0.304. The maximum atomic E-state index is 8.33. The normalized spacial score (nSPS) is 12.8. The Morgan fingerprint density at radius 1 is 1.70 bits per heavy atom. The van der Waals surface area contributed by atoms with Gasteiger partial charge in [0, 0.05) is 6.42 Å². The molecule has 0 aromatic rings. The molecule has 1 unspecified atom stereocenters. The Morgan fingerprint density at radius 2 is 2.40 bits per heavy atom. The molecular formula is C8H10BrN. The Morgan fingerprint density at radius 3 is 2.80 bits per heavy atom. The predicted octanol–water partition coefficient (Wildman–Crippen LogP) is 3.00. The summed E-state index contributed by atoms with van der Waals surface area (Å²) >= 11 is 3.16. The molecule has 0 saturated heterocycles. The Hall–Kier alpha value is -0.550. The van der Waals surface area contributed by atoms with Crippen LogP contribution in [0.5, 0.6) is 0 Å². The van der Waals surface area contributed by atoms with Gasteiger partial charge in [-0.1, -0.05) is 28.1 Å². The van der Waals surface area contributed by atoms with E-state index >= 15 is 0 Å². The Bertz CT molecular complexity index is 155. The first kappa shape index (κ1) is 9.45. The third-order valence-corrected chi connectivity index (χ3v) is 1.59.